The molecular formula is C23H28F3N7O2. The highest BCUT2D eigenvalue weighted by atomic mass is 19.4. The second-order valence-corrected chi connectivity index (χ2v) is 11.9. The Morgan fingerprint density at radius 1 is 1.06 bits per heavy atom. The average Bonchev–Trinajstić information content (AvgIpc) is 3.10. The lowest BCUT2D eigenvalue weighted by Crippen LogP contribution is -2.71. The van der Waals surface area contributed by atoms with Crippen molar-refractivity contribution in [2.75, 3.05) is 26.2 Å². The molecule has 2 saturated heterocycles. The van der Waals surface area contributed by atoms with Crippen LogP contribution in [0.5, 0.6) is 0 Å². The average molecular weight is 492 g/mol. The van der Waals surface area contributed by atoms with Gasteiger partial charge in [0.2, 0.25) is 0 Å². The summed E-state index contributed by atoms with van der Waals surface area (Å²) in [5.41, 5.74) is -1.19. The summed E-state index contributed by atoms with van der Waals surface area (Å²) in [4.78, 5) is 21.0. The summed E-state index contributed by atoms with van der Waals surface area (Å²) in [6.45, 7) is 3.54. The van der Waals surface area contributed by atoms with E-state index in [-0.39, 0.29) is 22.9 Å². The van der Waals surface area contributed by atoms with Gasteiger partial charge in [-0.3, -0.25) is 4.68 Å². The molecule has 1 N–H and O–H groups in total. The summed E-state index contributed by atoms with van der Waals surface area (Å²) in [5, 5.41) is 18.5. The van der Waals surface area contributed by atoms with Gasteiger partial charge in [0, 0.05) is 49.8 Å². The lowest BCUT2D eigenvalue weighted by molar-refractivity contribution is -0.137. The van der Waals surface area contributed by atoms with E-state index in [4.69, 9.17) is 0 Å². The summed E-state index contributed by atoms with van der Waals surface area (Å²) < 4.78 is 41.5. The summed E-state index contributed by atoms with van der Waals surface area (Å²) in [7, 11) is 0. The molecule has 12 heteroatoms. The van der Waals surface area contributed by atoms with E-state index in [0.29, 0.717) is 18.3 Å². The fourth-order valence-corrected chi connectivity index (χ4v) is 6.82. The first-order valence-electron chi connectivity index (χ1n) is 12.3. The Kier molecular flexibility index (Phi) is 4.19. The molecule has 0 radical (unpaired) electrons. The van der Waals surface area contributed by atoms with Crippen molar-refractivity contribution in [3.63, 3.8) is 0 Å². The van der Waals surface area contributed by atoms with E-state index in [1.54, 1.807) is 6.33 Å². The Bertz CT molecular complexity index is 1160. The van der Waals surface area contributed by atoms with Gasteiger partial charge in [-0.1, -0.05) is 0 Å². The van der Waals surface area contributed by atoms with Gasteiger partial charge >= 0.3 is 12.2 Å². The van der Waals surface area contributed by atoms with Gasteiger partial charge in [0.25, 0.3) is 0 Å². The maximum absolute atomic E-state index is 12.9. The lowest BCUT2D eigenvalue weighted by atomic mass is 9.57. The van der Waals surface area contributed by atoms with Gasteiger partial charge in [0.05, 0.1) is 17.8 Å². The Labute approximate surface area is 199 Å². The number of carbonyl (C=O) groups is 1. The molecule has 188 valence electrons. The van der Waals surface area contributed by atoms with Gasteiger partial charge in [0.1, 0.15) is 11.9 Å². The van der Waals surface area contributed by atoms with E-state index in [0.717, 1.165) is 77.1 Å². The second kappa shape index (κ2) is 6.77. The third-order valence-electron chi connectivity index (χ3n) is 8.86. The van der Waals surface area contributed by atoms with Crippen molar-refractivity contribution in [2.24, 2.45) is 16.7 Å². The van der Waals surface area contributed by atoms with Crippen molar-refractivity contribution >= 4 is 6.03 Å². The Hall–Kier alpha value is -2.63. The smallest absolute Gasteiger partial charge is 0.382 e. The number of alkyl halides is 3. The molecule has 0 aromatic carbocycles. The fraction of sp³-hybridized carbons (Fsp3) is 0.739. The van der Waals surface area contributed by atoms with Crippen LogP contribution in [0, 0.1) is 16.7 Å². The third-order valence-corrected chi connectivity index (χ3v) is 8.86. The van der Waals surface area contributed by atoms with Crippen LogP contribution in [0.3, 0.4) is 0 Å². The van der Waals surface area contributed by atoms with E-state index in [2.05, 4.69) is 15.2 Å². The number of nitrogens with zero attached hydrogens (tertiary/aromatic N) is 7. The highest BCUT2D eigenvalue weighted by Crippen LogP contribution is 2.56. The Morgan fingerprint density at radius 3 is 2.26 bits per heavy atom. The van der Waals surface area contributed by atoms with Crippen LogP contribution in [0.4, 0.5) is 18.0 Å². The van der Waals surface area contributed by atoms with Crippen LogP contribution in [-0.4, -0.2) is 71.7 Å². The number of aliphatic hydroxyl groups is 1. The largest absolute Gasteiger partial charge is 0.419 e. The molecule has 2 aromatic rings. The van der Waals surface area contributed by atoms with Gasteiger partial charge in [-0.25, -0.2) is 14.5 Å². The third kappa shape index (κ3) is 3.47. The van der Waals surface area contributed by atoms with Gasteiger partial charge in [-0.05, 0) is 44.4 Å². The molecule has 3 saturated carbocycles. The van der Waals surface area contributed by atoms with Crippen LogP contribution in [0.15, 0.2) is 18.7 Å². The first kappa shape index (κ1) is 21.6. The number of hydrogen-bond donors (Lipinski definition) is 1. The quantitative estimate of drug-likeness (QED) is 0.710. The molecule has 2 amide bonds. The van der Waals surface area contributed by atoms with E-state index >= 15 is 0 Å². The SMILES string of the molecule is O=C(N1CC2(CC(Cn3cc(C(F)(F)F)cn3)C2)C1)N1CC2(CC(n3cnc(C4(O)CC4)n3)C2)C1. The minimum atomic E-state index is -4.36. The normalized spacial score (nSPS) is 26.3. The van der Waals surface area contributed by atoms with Crippen LogP contribution >= 0.6 is 0 Å². The van der Waals surface area contributed by atoms with Crippen molar-refractivity contribution in [2.45, 2.75) is 62.9 Å². The van der Waals surface area contributed by atoms with Crippen LogP contribution in [0.2, 0.25) is 0 Å². The minimum Gasteiger partial charge on any atom is -0.382 e. The van der Waals surface area contributed by atoms with Crippen molar-refractivity contribution in [3.05, 3.63) is 30.1 Å². The molecule has 35 heavy (non-hydrogen) atoms. The monoisotopic (exact) mass is 491 g/mol. The van der Waals surface area contributed by atoms with Gasteiger partial charge in [0.15, 0.2) is 5.82 Å². The first-order chi connectivity index (χ1) is 16.5. The lowest BCUT2D eigenvalue weighted by Gasteiger charge is -2.63. The summed E-state index contributed by atoms with van der Waals surface area (Å²) in [6.07, 6.45) is 4.59. The summed E-state index contributed by atoms with van der Waals surface area (Å²) in [5.74, 6) is 0.842. The second-order valence-electron chi connectivity index (χ2n) is 11.9. The number of hydrogen-bond acceptors (Lipinski definition) is 5. The highest BCUT2D eigenvalue weighted by Gasteiger charge is 2.59. The predicted octanol–water partition coefficient (Wildman–Crippen LogP) is 2.64. The maximum atomic E-state index is 12.9. The van der Waals surface area contributed by atoms with Crippen molar-refractivity contribution < 1.29 is 23.1 Å². The standard InChI is InChI=1S/C23H28F3N7O2/c24-23(25,26)16-7-28-32(9-16)8-15-3-20(4-15)10-30(11-20)19(34)31-12-21(13-31)5-17(6-21)33-14-27-18(29-33)22(35)1-2-22/h7,9,14-15,17,35H,1-6,8,10-13H2. The molecule has 4 heterocycles. The molecule has 9 nitrogen and oxygen atoms in total. The van der Waals surface area contributed by atoms with Crippen LogP contribution in [0.25, 0.3) is 0 Å². The fourth-order valence-electron chi connectivity index (χ4n) is 6.82. The molecule has 0 bridgehead atoms. The first-order valence-corrected chi connectivity index (χ1v) is 12.3. The van der Waals surface area contributed by atoms with Crippen LogP contribution in [0.1, 0.15) is 56.0 Å². The highest BCUT2D eigenvalue weighted by molar-refractivity contribution is 5.77. The van der Waals surface area contributed by atoms with E-state index < -0.39 is 17.3 Å². The van der Waals surface area contributed by atoms with Gasteiger partial charge < -0.3 is 14.9 Å². The number of halogens is 3. The Morgan fingerprint density at radius 2 is 1.69 bits per heavy atom. The summed E-state index contributed by atoms with van der Waals surface area (Å²) >= 11 is 0. The van der Waals surface area contributed by atoms with E-state index in [9.17, 15) is 23.1 Å². The number of aromatic nitrogens is 5. The summed E-state index contributed by atoms with van der Waals surface area (Å²) in [6, 6.07) is 0.395. The Balaban J connectivity index is 0.845. The van der Waals surface area contributed by atoms with Crippen molar-refractivity contribution in [3.8, 4) is 0 Å². The molecule has 7 rings (SSSR count). The molecule has 2 spiro atoms. The number of carbonyl (C=O) groups excluding carboxylic acids is 1. The molecule has 2 aromatic heterocycles. The molecule has 5 aliphatic rings. The van der Waals surface area contributed by atoms with Gasteiger partial charge in [-0.15, -0.1) is 0 Å². The number of amides is 2. The minimum absolute atomic E-state index is 0.106. The van der Waals surface area contributed by atoms with Crippen molar-refractivity contribution in [1.29, 1.82) is 0 Å². The zero-order valence-corrected chi connectivity index (χ0v) is 19.3. The molecular weight excluding hydrogens is 463 g/mol. The number of rotatable bonds is 4. The van der Waals surface area contributed by atoms with E-state index in [1.165, 1.54) is 4.68 Å². The van der Waals surface area contributed by atoms with Crippen LogP contribution < -0.4 is 0 Å². The van der Waals surface area contributed by atoms with Crippen LogP contribution in [-0.2, 0) is 18.3 Å². The van der Waals surface area contributed by atoms with Gasteiger partial charge in [-0.2, -0.15) is 23.4 Å². The topological polar surface area (TPSA) is 92.3 Å². The number of likely N-dealkylation sites (tertiary alicyclic amines) is 2. The zero-order chi connectivity index (χ0) is 24.2. The zero-order valence-electron chi connectivity index (χ0n) is 19.3. The number of urea groups is 1. The molecule has 5 fully saturated rings. The maximum Gasteiger partial charge on any atom is 0.419 e. The molecule has 2 aliphatic heterocycles. The molecule has 0 unspecified atom stereocenters. The molecule has 3 aliphatic carbocycles. The van der Waals surface area contributed by atoms with Crippen molar-refractivity contribution in [1.82, 2.24) is 34.3 Å². The molecule has 0 atom stereocenters. The predicted molar refractivity (Wildman–Crippen MR) is 115 cm³/mol. The van der Waals surface area contributed by atoms with E-state index in [1.807, 2.05) is 14.5 Å².